The third-order valence-electron chi connectivity index (χ3n) is 4.85. The Kier molecular flexibility index (Phi) is 6.62. The fraction of sp³-hybridized carbons (Fsp3) is 0.364. The highest BCUT2D eigenvalue weighted by atomic mass is 32.2. The van der Waals surface area contributed by atoms with Crippen molar-refractivity contribution < 1.29 is 9.59 Å². The number of hydrogen-bond donors (Lipinski definition) is 2. The van der Waals surface area contributed by atoms with Crippen LogP contribution in [-0.4, -0.2) is 30.7 Å². The number of aryl methyl sites for hydroxylation is 1. The first-order valence-corrected chi connectivity index (χ1v) is 10.6. The van der Waals surface area contributed by atoms with Crippen molar-refractivity contribution in [1.82, 2.24) is 0 Å². The van der Waals surface area contributed by atoms with E-state index in [0.717, 1.165) is 30.0 Å². The second kappa shape index (κ2) is 9.15. The predicted molar refractivity (Wildman–Crippen MR) is 116 cm³/mol. The van der Waals surface area contributed by atoms with E-state index < -0.39 is 0 Å². The molecule has 2 aromatic rings. The first-order valence-electron chi connectivity index (χ1n) is 9.62. The van der Waals surface area contributed by atoms with Gasteiger partial charge in [0.15, 0.2) is 0 Å². The summed E-state index contributed by atoms with van der Waals surface area (Å²) in [5.74, 6) is 0.244. The molecule has 2 amide bonds. The van der Waals surface area contributed by atoms with Gasteiger partial charge in [-0.05, 0) is 48.1 Å². The molecule has 0 saturated carbocycles. The summed E-state index contributed by atoms with van der Waals surface area (Å²) in [4.78, 5) is 26.8. The number of primary amides is 1. The zero-order valence-corrected chi connectivity index (χ0v) is 17.2. The molecule has 0 atom stereocenters. The Morgan fingerprint density at radius 1 is 1.21 bits per heavy atom. The second-order valence-corrected chi connectivity index (χ2v) is 8.38. The SMILES string of the molecule is CC(C)c1ccc2c(c1)CCCN2CC(=O)Nc1ccccc1SCC(N)=O. The van der Waals surface area contributed by atoms with Gasteiger partial charge in [-0.25, -0.2) is 0 Å². The number of rotatable bonds is 7. The number of hydrogen-bond acceptors (Lipinski definition) is 4. The molecular weight excluding hydrogens is 370 g/mol. The number of nitrogens with one attached hydrogen (secondary N) is 1. The maximum atomic E-state index is 12.7. The van der Waals surface area contributed by atoms with Crippen molar-refractivity contribution in [1.29, 1.82) is 0 Å². The van der Waals surface area contributed by atoms with Gasteiger partial charge in [0.2, 0.25) is 11.8 Å². The molecule has 0 fully saturated rings. The van der Waals surface area contributed by atoms with E-state index in [1.54, 1.807) is 0 Å². The topological polar surface area (TPSA) is 75.4 Å². The fourth-order valence-electron chi connectivity index (χ4n) is 3.43. The van der Waals surface area contributed by atoms with Crippen molar-refractivity contribution in [3.63, 3.8) is 0 Å². The number of thioether (sulfide) groups is 1. The average Bonchev–Trinajstić information content (AvgIpc) is 2.67. The Morgan fingerprint density at radius 3 is 2.75 bits per heavy atom. The van der Waals surface area contributed by atoms with E-state index >= 15 is 0 Å². The van der Waals surface area contributed by atoms with Gasteiger partial charge in [0, 0.05) is 17.1 Å². The number of amides is 2. The van der Waals surface area contributed by atoms with Crippen molar-refractivity contribution >= 4 is 35.0 Å². The van der Waals surface area contributed by atoms with E-state index in [-0.39, 0.29) is 17.6 Å². The summed E-state index contributed by atoms with van der Waals surface area (Å²) >= 11 is 1.33. The third-order valence-corrected chi connectivity index (χ3v) is 5.95. The van der Waals surface area contributed by atoms with Gasteiger partial charge < -0.3 is 16.0 Å². The Hall–Kier alpha value is -2.47. The average molecular weight is 398 g/mol. The summed E-state index contributed by atoms with van der Waals surface area (Å²) in [6.45, 7) is 5.58. The van der Waals surface area contributed by atoms with Gasteiger partial charge in [0.25, 0.3) is 0 Å². The molecule has 0 saturated heterocycles. The lowest BCUT2D eigenvalue weighted by Gasteiger charge is -2.31. The fourth-order valence-corrected chi connectivity index (χ4v) is 4.17. The molecule has 28 heavy (non-hydrogen) atoms. The molecule has 1 heterocycles. The smallest absolute Gasteiger partial charge is 0.243 e. The lowest BCUT2D eigenvalue weighted by atomic mass is 9.95. The number of fused-ring (bicyclic) bond motifs is 1. The van der Waals surface area contributed by atoms with E-state index in [1.807, 2.05) is 24.3 Å². The quantitative estimate of drug-likeness (QED) is 0.697. The second-order valence-electron chi connectivity index (χ2n) is 7.37. The highest BCUT2D eigenvalue weighted by Gasteiger charge is 2.20. The summed E-state index contributed by atoms with van der Waals surface area (Å²) in [6.07, 6.45) is 2.10. The summed E-state index contributed by atoms with van der Waals surface area (Å²) in [7, 11) is 0. The van der Waals surface area contributed by atoms with E-state index in [4.69, 9.17) is 5.73 Å². The van der Waals surface area contributed by atoms with Crippen LogP contribution in [0.25, 0.3) is 0 Å². The number of carbonyl (C=O) groups is 2. The molecule has 0 aromatic heterocycles. The summed E-state index contributed by atoms with van der Waals surface area (Å²) in [5, 5.41) is 2.99. The molecule has 0 unspecified atom stereocenters. The lowest BCUT2D eigenvalue weighted by Crippen LogP contribution is -2.36. The maximum Gasteiger partial charge on any atom is 0.243 e. The van der Waals surface area contributed by atoms with Crippen molar-refractivity contribution in [3.8, 4) is 0 Å². The standard InChI is InChI=1S/C22H27N3O2S/c1-15(2)16-9-10-19-17(12-16)6-5-11-25(19)13-22(27)24-18-7-3-4-8-20(18)28-14-21(23)26/h3-4,7-10,12,15H,5-6,11,13-14H2,1-2H3,(H2,23,26)(H,24,27). The molecule has 1 aliphatic rings. The summed E-state index contributed by atoms with van der Waals surface area (Å²) < 4.78 is 0. The Labute approximate surface area is 170 Å². The molecule has 2 aromatic carbocycles. The van der Waals surface area contributed by atoms with Crippen LogP contribution in [0.3, 0.4) is 0 Å². The maximum absolute atomic E-state index is 12.7. The van der Waals surface area contributed by atoms with Gasteiger partial charge in [0.05, 0.1) is 18.0 Å². The van der Waals surface area contributed by atoms with Crippen LogP contribution in [0.5, 0.6) is 0 Å². The van der Waals surface area contributed by atoms with Gasteiger partial charge in [0.1, 0.15) is 0 Å². The minimum absolute atomic E-state index is 0.0621. The van der Waals surface area contributed by atoms with Crippen LogP contribution in [-0.2, 0) is 16.0 Å². The normalized spacial score (nSPS) is 13.3. The van der Waals surface area contributed by atoms with E-state index in [2.05, 4.69) is 42.3 Å². The van der Waals surface area contributed by atoms with E-state index in [9.17, 15) is 9.59 Å². The number of para-hydroxylation sites is 1. The van der Waals surface area contributed by atoms with Crippen molar-refractivity contribution in [2.24, 2.45) is 5.73 Å². The molecule has 6 heteroatoms. The Bertz CT molecular complexity index is 867. The number of nitrogens with two attached hydrogens (primary N) is 1. The number of benzene rings is 2. The van der Waals surface area contributed by atoms with Crippen LogP contribution < -0.4 is 16.0 Å². The minimum atomic E-state index is -0.378. The number of carbonyl (C=O) groups excluding carboxylic acids is 2. The summed E-state index contributed by atoms with van der Waals surface area (Å²) in [5.41, 5.74) is 9.77. The molecule has 0 aliphatic carbocycles. The van der Waals surface area contributed by atoms with Gasteiger partial charge in [-0.15, -0.1) is 11.8 Å². The van der Waals surface area contributed by atoms with E-state index in [1.165, 1.54) is 22.9 Å². The highest BCUT2D eigenvalue weighted by Crippen LogP contribution is 2.31. The molecule has 3 N–H and O–H groups in total. The van der Waals surface area contributed by atoms with Crippen LogP contribution in [0, 0.1) is 0 Å². The highest BCUT2D eigenvalue weighted by molar-refractivity contribution is 8.00. The van der Waals surface area contributed by atoms with Crippen molar-refractivity contribution in [2.75, 3.05) is 29.1 Å². The van der Waals surface area contributed by atoms with Gasteiger partial charge in [-0.3, -0.25) is 9.59 Å². The first kappa shape index (κ1) is 20.3. The molecule has 0 radical (unpaired) electrons. The van der Waals surface area contributed by atoms with Crippen LogP contribution in [0.4, 0.5) is 11.4 Å². The van der Waals surface area contributed by atoms with Crippen LogP contribution in [0.15, 0.2) is 47.4 Å². The molecule has 0 spiro atoms. The molecule has 0 bridgehead atoms. The van der Waals surface area contributed by atoms with E-state index in [0.29, 0.717) is 18.2 Å². The Balaban J connectivity index is 1.69. The molecule has 148 valence electrons. The zero-order valence-electron chi connectivity index (χ0n) is 16.4. The van der Waals surface area contributed by atoms with Crippen LogP contribution in [0.2, 0.25) is 0 Å². The van der Waals surface area contributed by atoms with Gasteiger partial charge in [-0.2, -0.15) is 0 Å². The lowest BCUT2D eigenvalue weighted by molar-refractivity contribution is -0.116. The van der Waals surface area contributed by atoms with Crippen LogP contribution in [0.1, 0.15) is 37.3 Å². The van der Waals surface area contributed by atoms with Crippen molar-refractivity contribution in [2.45, 2.75) is 37.5 Å². The molecule has 5 nitrogen and oxygen atoms in total. The molecular formula is C22H27N3O2S. The number of nitrogens with zero attached hydrogens (tertiary/aromatic N) is 1. The zero-order chi connectivity index (χ0) is 20.1. The minimum Gasteiger partial charge on any atom is -0.369 e. The largest absolute Gasteiger partial charge is 0.369 e. The first-order chi connectivity index (χ1) is 13.4. The molecule has 3 rings (SSSR count). The number of anilines is 2. The van der Waals surface area contributed by atoms with Crippen molar-refractivity contribution in [3.05, 3.63) is 53.6 Å². The Morgan fingerprint density at radius 2 is 2.00 bits per heavy atom. The van der Waals surface area contributed by atoms with Gasteiger partial charge in [-0.1, -0.05) is 38.1 Å². The van der Waals surface area contributed by atoms with Crippen LogP contribution >= 0.6 is 11.8 Å². The monoisotopic (exact) mass is 397 g/mol. The summed E-state index contributed by atoms with van der Waals surface area (Å²) in [6, 6.07) is 14.1. The van der Waals surface area contributed by atoms with Gasteiger partial charge >= 0.3 is 0 Å². The molecule has 1 aliphatic heterocycles. The third kappa shape index (κ3) is 5.07. The predicted octanol–water partition coefficient (Wildman–Crippen LogP) is 3.78.